The van der Waals surface area contributed by atoms with Gasteiger partial charge in [0.15, 0.2) is 0 Å². The lowest BCUT2D eigenvalue weighted by molar-refractivity contribution is -0.385. The maximum Gasteiger partial charge on any atom is 0.270 e. The molecular weight excluding hydrogens is 404 g/mol. The summed E-state index contributed by atoms with van der Waals surface area (Å²) in [5.41, 5.74) is 3.34. The van der Waals surface area contributed by atoms with Gasteiger partial charge in [-0.3, -0.25) is 20.2 Å². The minimum Gasteiger partial charge on any atom is -0.258 e. The van der Waals surface area contributed by atoms with Crippen LogP contribution in [0.4, 0.5) is 11.4 Å². The maximum atomic E-state index is 11.4. The molecule has 0 saturated heterocycles. The lowest BCUT2D eigenvalue weighted by Gasteiger charge is -2.17. The highest BCUT2D eigenvalue weighted by Gasteiger charge is 2.18. The van der Waals surface area contributed by atoms with E-state index in [4.69, 9.17) is 0 Å². The van der Waals surface area contributed by atoms with Crippen LogP contribution in [0.3, 0.4) is 0 Å². The summed E-state index contributed by atoms with van der Waals surface area (Å²) in [6.07, 6.45) is 0. The van der Waals surface area contributed by atoms with Crippen molar-refractivity contribution < 1.29 is 9.85 Å². The van der Waals surface area contributed by atoms with Crippen molar-refractivity contribution in [1.82, 2.24) is 0 Å². The Morgan fingerprint density at radius 2 is 0.812 bits per heavy atom. The second-order valence-electron chi connectivity index (χ2n) is 7.46. The molecule has 0 spiro atoms. The number of nitro groups is 2. The first-order chi connectivity index (χ1) is 15.5. The van der Waals surface area contributed by atoms with Crippen molar-refractivity contribution in [2.24, 2.45) is 0 Å². The van der Waals surface area contributed by atoms with Crippen LogP contribution in [0, 0.1) is 20.2 Å². The van der Waals surface area contributed by atoms with Crippen LogP contribution in [0.5, 0.6) is 0 Å². The van der Waals surface area contributed by atoms with Crippen LogP contribution in [0.15, 0.2) is 97.1 Å². The zero-order valence-electron chi connectivity index (χ0n) is 16.8. The Kier molecular flexibility index (Phi) is 4.60. The van der Waals surface area contributed by atoms with Gasteiger partial charge in [-0.15, -0.1) is 0 Å². The lowest BCUT2D eigenvalue weighted by atomic mass is 9.86. The van der Waals surface area contributed by atoms with Crippen molar-refractivity contribution in [2.75, 3.05) is 0 Å². The van der Waals surface area contributed by atoms with Gasteiger partial charge in [0.1, 0.15) is 0 Å². The summed E-state index contributed by atoms with van der Waals surface area (Å²) in [4.78, 5) is 22.0. The summed E-state index contributed by atoms with van der Waals surface area (Å²) >= 11 is 0. The molecule has 5 aromatic rings. The SMILES string of the molecule is O=[N+]([O-])c1cccc(-c2c3ccccc3c(-c3cccc([N+](=O)[O-])c3)c3ccccc23)c1. The van der Waals surface area contributed by atoms with E-state index in [0.29, 0.717) is 0 Å². The van der Waals surface area contributed by atoms with E-state index < -0.39 is 9.85 Å². The first kappa shape index (κ1) is 19.4. The van der Waals surface area contributed by atoms with E-state index in [1.807, 2.05) is 60.7 Å². The van der Waals surface area contributed by atoms with E-state index in [1.54, 1.807) is 24.3 Å². The third-order valence-electron chi connectivity index (χ3n) is 5.62. The average molecular weight is 420 g/mol. The van der Waals surface area contributed by atoms with Crippen molar-refractivity contribution >= 4 is 32.9 Å². The van der Waals surface area contributed by atoms with Gasteiger partial charge in [-0.2, -0.15) is 0 Å². The molecule has 0 unspecified atom stereocenters. The number of non-ortho nitro benzene ring substituents is 2. The Morgan fingerprint density at radius 3 is 1.12 bits per heavy atom. The third-order valence-corrected chi connectivity index (χ3v) is 5.62. The van der Waals surface area contributed by atoms with E-state index >= 15 is 0 Å². The summed E-state index contributed by atoms with van der Waals surface area (Å²) in [6.45, 7) is 0. The molecule has 0 aliphatic carbocycles. The molecule has 0 N–H and O–H groups in total. The predicted octanol–water partition coefficient (Wildman–Crippen LogP) is 7.14. The molecule has 0 radical (unpaired) electrons. The Hall–Kier alpha value is -4.58. The Morgan fingerprint density at radius 1 is 0.469 bits per heavy atom. The molecule has 0 aliphatic heterocycles. The molecule has 0 amide bonds. The van der Waals surface area contributed by atoms with Crippen LogP contribution >= 0.6 is 0 Å². The van der Waals surface area contributed by atoms with Gasteiger partial charge < -0.3 is 0 Å². The predicted molar refractivity (Wildman–Crippen MR) is 126 cm³/mol. The van der Waals surface area contributed by atoms with Crippen molar-refractivity contribution in [3.05, 3.63) is 117 Å². The van der Waals surface area contributed by atoms with Crippen molar-refractivity contribution in [3.63, 3.8) is 0 Å². The van der Waals surface area contributed by atoms with Crippen LogP contribution in [-0.2, 0) is 0 Å². The van der Waals surface area contributed by atoms with E-state index in [0.717, 1.165) is 43.8 Å². The average Bonchev–Trinajstić information content (AvgIpc) is 2.82. The summed E-state index contributed by atoms with van der Waals surface area (Å²) in [5.74, 6) is 0. The summed E-state index contributed by atoms with van der Waals surface area (Å²) < 4.78 is 0. The van der Waals surface area contributed by atoms with Crippen LogP contribution in [0.25, 0.3) is 43.8 Å². The van der Waals surface area contributed by atoms with Crippen LogP contribution < -0.4 is 0 Å². The van der Waals surface area contributed by atoms with Crippen LogP contribution in [0.2, 0.25) is 0 Å². The van der Waals surface area contributed by atoms with Crippen LogP contribution in [-0.4, -0.2) is 9.85 Å². The van der Waals surface area contributed by atoms with E-state index in [2.05, 4.69) is 0 Å². The van der Waals surface area contributed by atoms with Gasteiger partial charge in [-0.25, -0.2) is 0 Å². The largest absolute Gasteiger partial charge is 0.270 e. The first-order valence-corrected chi connectivity index (χ1v) is 9.97. The normalized spacial score (nSPS) is 11.0. The number of nitrogens with zero attached hydrogens (tertiary/aromatic N) is 2. The van der Waals surface area contributed by atoms with Crippen molar-refractivity contribution in [1.29, 1.82) is 0 Å². The number of fused-ring (bicyclic) bond motifs is 2. The first-order valence-electron chi connectivity index (χ1n) is 9.97. The molecule has 0 fully saturated rings. The fraction of sp³-hybridized carbons (Fsp3) is 0. The molecule has 6 heteroatoms. The van der Waals surface area contributed by atoms with Gasteiger partial charge in [0.2, 0.25) is 0 Å². The highest BCUT2D eigenvalue weighted by atomic mass is 16.6. The molecule has 5 rings (SSSR count). The number of hydrogen-bond donors (Lipinski definition) is 0. The quantitative estimate of drug-likeness (QED) is 0.176. The van der Waals surface area contributed by atoms with E-state index in [-0.39, 0.29) is 11.4 Å². The van der Waals surface area contributed by atoms with Gasteiger partial charge >= 0.3 is 0 Å². The zero-order chi connectivity index (χ0) is 22.2. The van der Waals surface area contributed by atoms with Gasteiger partial charge in [-0.1, -0.05) is 72.8 Å². The molecule has 0 saturated carbocycles. The van der Waals surface area contributed by atoms with E-state index in [1.165, 1.54) is 12.1 Å². The number of nitro benzene ring substituents is 2. The highest BCUT2D eigenvalue weighted by Crippen LogP contribution is 2.44. The molecule has 0 aromatic heterocycles. The van der Waals surface area contributed by atoms with Crippen molar-refractivity contribution in [3.8, 4) is 22.3 Å². The summed E-state index contributed by atoms with van der Waals surface area (Å²) in [5, 5.41) is 26.5. The molecule has 0 bridgehead atoms. The lowest BCUT2D eigenvalue weighted by Crippen LogP contribution is -1.93. The monoisotopic (exact) mass is 420 g/mol. The Balaban J connectivity index is 1.93. The third kappa shape index (κ3) is 3.15. The second-order valence-corrected chi connectivity index (χ2v) is 7.46. The fourth-order valence-electron chi connectivity index (χ4n) is 4.30. The van der Waals surface area contributed by atoms with Gasteiger partial charge in [-0.05, 0) is 43.8 Å². The zero-order valence-corrected chi connectivity index (χ0v) is 16.8. The molecule has 6 nitrogen and oxygen atoms in total. The molecule has 0 atom stereocenters. The topological polar surface area (TPSA) is 86.3 Å². The highest BCUT2D eigenvalue weighted by molar-refractivity contribution is 6.21. The number of rotatable bonds is 4. The number of benzene rings is 5. The summed E-state index contributed by atoms with van der Waals surface area (Å²) in [6, 6.07) is 28.9. The molecule has 154 valence electrons. The summed E-state index contributed by atoms with van der Waals surface area (Å²) in [7, 11) is 0. The smallest absolute Gasteiger partial charge is 0.258 e. The molecule has 32 heavy (non-hydrogen) atoms. The molecule has 5 aromatic carbocycles. The molecular formula is C26H16N2O4. The minimum absolute atomic E-state index is 0.0263. The van der Waals surface area contributed by atoms with Gasteiger partial charge in [0.25, 0.3) is 11.4 Å². The van der Waals surface area contributed by atoms with Gasteiger partial charge in [0, 0.05) is 24.3 Å². The maximum absolute atomic E-state index is 11.4. The molecule has 0 aliphatic rings. The Bertz CT molecular complexity index is 1370. The van der Waals surface area contributed by atoms with E-state index in [9.17, 15) is 20.2 Å². The fourth-order valence-corrected chi connectivity index (χ4v) is 4.30. The molecule has 0 heterocycles. The van der Waals surface area contributed by atoms with Gasteiger partial charge in [0.05, 0.1) is 9.85 Å². The number of hydrogen-bond acceptors (Lipinski definition) is 4. The second kappa shape index (κ2) is 7.59. The Labute approximate surface area is 182 Å². The standard InChI is InChI=1S/C26H16N2O4/c29-27(30)19-9-5-7-17(15-19)25-21-11-1-2-12-22(21)26(24-14-4-3-13-23(24)25)18-8-6-10-20(16-18)28(31)32/h1-16H. The van der Waals surface area contributed by atoms with Crippen LogP contribution in [0.1, 0.15) is 0 Å². The van der Waals surface area contributed by atoms with Crippen molar-refractivity contribution in [2.45, 2.75) is 0 Å². The minimum atomic E-state index is -0.397.